The second-order valence-electron chi connectivity index (χ2n) is 3.90. The largest absolute Gasteiger partial charge is 0.462 e. The molecule has 0 saturated carbocycles. The van der Waals surface area contributed by atoms with Crippen LogP contribution in [-0.4, -0.2) is 30.5 Å². The molecule has 4 nitrogen and oxygen atoms in total. The van der Waals surface area contributed by atoms with Crippen LogP contribution in [0.4, 0.5) is 5.82 Å². The molecular weight excluding hydrogens is 190 g/mol. The van der Waals surface area contributed by atoms with Gasteiger partial charge in [-0.2, -0.15) is 0 Å². The molecule has 0 aromatic carbocycles. The molecule has 2 rings (SSSR count). The zero-order valence-corrected chi connectivity index (χ0v) is 9.03. The van der Waals surface area contributed by atoms with Crippen LogP contribution in [0.1, 0.15) is 5.56 Å². The Labute approximate surface area is 88.7 Å². The minimum absolute atomic E-state index is 0.537. The Hall–Kier alpha value is -1.55. The number of anilines is 1. The summed E-state index contributed by atoms with van der Waals surface area (Å²) in [4.78, 5) is 6.41. The number of likely N-dealkylation sites (N-methyl/N-ethyl adjacent to an activating group) is 1. The highest BCUT2D eigenvalue weighted by molar-refractivity contribution is 5.78. The molecule has 0 aliphatic rings. The first kappa shape index (κ1) is 9.98. The van der Waals surface area contributed by atoms with Gasteiger partial charge < -0.3 is 15.1 Å². The molecule has 2 aromatic rings. The third kappa shape index (κ3) is 2.10. The average molecular weight is 205 g/mol. The fourth-order valence-corrected chi connectivity index (χ4v) is 1.50. The van der Waals surface area contributed by atoms with E-state index in [4.69, 9.17) is 10.2 Å². The van der Waals surface area contributed by atoms with E-state index in [0.717, 1.165) is 29.6 Å². The van der Waals surface area contributed by atoms with Crippen molar-refractivity contribution >= 4 is 16.9 Å². The minimum Gasteiger partial charge on any atom is -0.462 e. The monoisotopic (exact) mass is 205 g/mol. The zero-order chi connectivity index (χ0) is 10.8. The second-order valence-corrected chi connectivity index (χ2v) is 3.90. The van der Waals surface area contributed by atoms with Crippen molar-refractivity contribution in [1.29, 1.82) is 0 Å². The lowest BCUT2D eigenvalue weighted by molar-refractivity contribution is 0.413. The van der Waals surface area contributed by atoms with Gasteiger partial charge in [-0.1, -0.05) is 0 Å². The van der Waals surface area contributed by atoms with Gasteiger partial charge in [0.15, 0.2) is 5.58 Å². The summed E-state index contributed by atoms with van der Waals surface area (Å²) in [6.07, 6.45) is 2.69. The summed E-state index contributed by atoms with van der Waals surface area (Å²) in [5.74, 6) is 0.537. The maximum absolute atomic E-state index is 5.64. The summed E-state index contributed by atoms with van der Waals surface area (Å²) in [7, 11) is 4.09. The van der Waals surface area contributed by atoms with Crippen LogP contribution in [0, 0.1) is 0 Å². The maximum Gasteiger partial charge on any atom is 0.152 e. The van der Waals surface area contributed by atoms with Gasteiger partial charge in [0, 0.05) is 12.1 Å². The van der Waals surface area contributed by atoms with E-state index in [1.165, 1.54) is 0 Å². The lowest BCUT2D eigenvalue weighted by atomic mass is 10.2. The standard InChI is InChI=1S/C11H15N3O/c1-14(2)6-5-8-7-15-9-3-4-10(12)13-11(8)9/h3-4,7H,5-6H2,1-2H3,(H2,12,13). The van der Waals surface area contributed by atoms with E-state index >= 15 is 0 Å². The van der Waals surface area contributed by atoms with E-state index in [1.807, 2.05) is 20.2 Å². The third-order valence-corrected chi connectivity index (χ3v) is 2.34. The molecule has 0 bridgehead atoms. The number of hydrogen-bond acceptors (Lipinski definition) is 4. The van der Waals surface area contributed by atoms with E-state index in [9.17, 15) is 0 Å². The lowest BCUT2D eigenvalue weighted by Crippen LogP contribution is -2.14. The van der Waals surface area contributed by atoms with Gasteiger partial charge in [-0.05, 0) is 32.6 Å². The van der Waals surface area contributed by atoms with Gasteiger partial charge in [0.1, 0.15) is 11.3 Å². The average Bonchev–Trinajstić information content (AvgIpc) is 2.57. The molecular formula is C11H15N3O. The summed E-state index contributed by atoms with van der Waals surface area (Å²) in [6.45, 7) is 0.977. The SMILES string of the molecule is CN(C)CCc1coc2ccc(N)nc12. The number of pyridine rings is 1. The second kappa shape index (κ2) is 3.90. The summed E-state index contributed by atoms with van der Waals surface area (Å²) in [5, 5.41) is 0. The lowest BCUT2D eigenvalue weighted by Gasteiger charge is -2.07. The van der Waals surface area contributed by atoms with E-state index in [-0.39, 0.29) is 0 Å². The van der Waals surface area contributed by atoms with Crippen LogP contribution in [0.25, 0.3) is 11.1 Å². The Balaban J connectivity index is 2.31. The molecule has 0 radical (unpaired) electrons. The molecule has 0 fully saturated rings. The molecule has 0 saturated heterocycles. The van der Waals surface area contributed by atoms with Crippen LogP contribution in [0.5, 0.6) is 0 Å². The predicted molar refractivity (Wildman–Crippen MR) is 60.7 cm³/mol. The number of nitrogens with two attached hydrogens (primary N) is 1. The van der Waals surface area contributed by atoms with Crippen LogP contribution in [0.15, 0.2) is 22.8 Å². The number of fused-ring (bicyclic) bond motifs is 1. The quantitative estimate of drug-likeness (QED) is 0.825. The zero-order valence-electron chi connectivity index (χ0n) is 9.03. The van der Waals surface area contributed by atoms with Gasteiger partial charge in [0.25, 0.3) is 0 Å². The van der Waals surface area contributed by atoms with Gasteiger partial charge in [-0.3, -0.25) is 0 Å². The van der Waals surface area contributed by atoms with Gasteiger partial charge >= 0.3 is 0 Å². The molecule has 80 valence electrons. The normalized spacial score (nSPS) is 11.4. The number of hydrogen-bond donors (Lipinski definition) is 1. The molecule has 0 aliphatic carbocycles. The summed E-state index contributed by atoms with van der Waals surface area (Å²) < 4.78 is 5.40. The van der Waals surface area contributed by atoms with Crippen LogP contribution < -0.4 is 5.73 Å². The minimum atomic E-state index is 0.537. The number of nitrogen functional groups attached to an aromatic ring is 1. The van der Waals surface area contributed by atoms with Gasteiger partial charge in [0.2, 0.25) is 0 Å². The van der Waals surface area contributed by atoms with Gasteiger partial charge in [-0.25, -0.2) is 4.98 Å². The highest BCUT2D eigenvalue weighted by Crippen LogP contribution is 2.20. The van der Waals surface area contributed by atoms with Crippen LogP contribution >= 0.6 is 0 Å². The Bertz CT molecular complexity index is 462. The third-order valence-electron chi connectivity index (χ3n) is 2.34. The van der Waals surface area contributed by atoms with Gasteiger partial charge in [0.05, 0.1) is 6.26 Å². The Morgan fingerprint density at radius 3 is 2.93 bits per heavy atom. The first-order valence-electron chi connectivity index (χ1n) is 4.94. The van der Waals surface area contributed by atoms with Crippen molar-refractivity contribution in [3.63, 3.8) is 0 Å². The number of aromatic nitrogens is 1. The Morgan fingerprint density at radius 1 is 1.40 bits per heavy atom. The smallest absolute Gasteiger partial charge is 0.152 e. The molecule has 0 amide bonds. The highest BCUT2D eigenvalue weighted by atomic mass is 16.3. The summed E-state index contributed by atoms with van der Waals surface area (Å²) in [5.41, 5.74) is 8.45. The fraction of sp³-hybridized carbons (Fsp3) is 0.364. The molecule has 2 N–H and O–H groups in total. The van der Waals surface area contributed by atoms with Crippen molar-refractivity contribution in [1.82, 2.24) is 9.88 Å². The van der Waals surface area contributed by atoms with E-state index in [2.05, 4.69) is 9.88 Å². The molecule has 0 atom stereocenters. The summed E-state index contributed by atoms with van der Waals surface area (Å²) in [6, 6.07) is 3.61. The Morgan fingerprint density at radius 2 is 2.20 bits per heavy atom. The topological polar surface area (TPSA) is 55.3 Å². The summed E-state index contributed by atoms with van der Waals surface area (Å²) >= 11 is 0. The first-order valence-corrected chi connectivity index (χ1v) is 4.94. The van der Waals surface area contributed by atoms with Crippen molar-refractivity contribution in [2.45, 2.75) is 6.42 Å². The van der Waals surface area contributed by atoms with Crippen molar-refractivity contribution in [2.24, 2.45) is 0 Å². The van der Waals surface area contributed by atoms with Crippen LogP contribution in [-0.2, 0) is 6.42 Å². The van der Waals surface area contributed by atoms with Crippen molar-refractivity contribution in [3.8, 4) is 0 Å². The number of nitrogens with zero attached hydrogens (tertiary/aromatic N) is 2. The van der Waals surface area contributed by atoms with Crippen LogP contribution in [0.2, 0.25) is 0 Å². The Kier molecular flexibility index (Phi) is 2.60. The fourth-order valence-electron chi connectivity index (χ4n) is 1.50. The van der Waals surface area contributed by atoms with Crippen molar-refractivity contribution in [3.05, 3.63) is 24.0 Å². The molecule has 0 unspecified atom stereocenters. The van der Waals surface area contributed by atoms with Crippen molar-refractivity contribution < 1.29 is 4.42 Å². The van der Waals surface area contributed by atoms with E-state index in [0.29, 0.717) is 5.82 Å². The molecule has 2 aromatic heterocycles. The molecule has 0 spiro atoms. The molecule has 2 heterocycles. The number of furan rings is 1. The highest BCUT2D eigenvalue weighted by Gasteiger charge is 2.07. The molecule has 4 heteroatoms. The first-order chi connectivity index (χ1) is 7.16. The van der Waals surface area contributed by atoms with Crippen LogP contribution in [0.3, 0.4) is 0 Å². The van der Waals surface area contributed by atoms with Gasteiger partial charge in [-0.15, -0.1) is 0 Å². The van der Waals surface area contributed by atoms with E-state index in [1.54, 1.807) is 12.3 Å². The van der Waals surface area contributed by atoms with Crippen molar-refractivity contribution in [2.75, 3.05) is 26.4 Å². The molecule has 0 aliphatic heterocycles. The predicted octanol–water partition coefficient (Wildman–Crippen LogP) is 1.51. The molecule has 15 heavy (non-hydrogen) atoms. The van der Waals surface area contributed by atoms with E-state index < -0.39 is 0 Å². The maximum atomic E-state index is 5.64. The number of rotatable bonds is 3.